The van der Waals surface area contributed by atoms with Gasteiger partial charge in [0, 0.05) is 26.5 Å². The Kier molecular flexibility index (Phi) is 6.28. The highest BCUT2D eigenvalue weighted by atomic mass is 28.4. The maximum absolute atomic E-state index is 5.44. The van der Waals surface area contributed by atoms with Gasteiger partial charge in [-0.25, -0.2) is 0 Å². The zero-order valence-electron chi connectivity index (χ0n) is 11.6. The van der Waals surface area contributed by atoms with Crippen molar-refractivity contribution in [3.63, 3.8) is 0 Å². The molecule has 0 saturated heterocycles. The molecular weight excluding hydrogens is 244 g/mol. The van der Waals surface area contributed by atoms with E-state index in [1.807, 2.05) is 12.1 Å². The van der Waals surface area contributed by atoms with E-state index in [1.165, 1.54) is 12.0 Å². The van der Waals surface area contributed by atoms with Gasteiger partial charge in [0.1, 0.15) is 0 Å². The van der Waals surface area contributed by atoms with Crippen LogP contribution in [0.25, 0.3) is 6.08 Å². The van der Waals surface area contributed by atoms with Gasteiger partial charge in [-0.2, -0.15) is 0 Å². The van der Waals surface area contributed by atoms with Crippen molar-refractivity contribution >= 4 is 20.1 Å². The van der Waals surface area contributed by atoms with Gasteiger partial charge in [0.05, 0.1) is 0 Å². The Hall–Kier alpha value is -0.943. The van der Waals surface area contributed by atoms with Gasteiger partial charge in [-0.15, -0.1) is 0 Å². The van der Waals surface area contributed by atoms with E-state index in [9.17, 15) is 0 Å². The average molecular weight is 266 g/mol. The minimum atomic E-state index is -2.68. The Balaban J connectivity index is 2.87. The van der Waals surface area contributed by atoms with Crippen LogP contribution in [0, 0.1) is 0 Å². The first-order chi connectivity index (χ1) is 8.72. The zero-order valence-corrected chi connectivity index (χ0v) is 12.6. The number of rotatable bonds is 7. The lowest BCUT2D eigenvalue weighted by molar-refractivity contribution is 0.140. The summed E-state index contributed by atoms with van der Waals surface area (Å²) in [4.78, 5) is 0. The zero-order chi connectivity index (χ0) is 13.4. The van der Waals surface area contributed by atoms with Gasteiger partial charge in [0.15, 0.2) is 0 Å². The Labute approximate surface area is 111 Å². The molecule has 1 aromatic carbocycles. The van der Waals surface area contributed by atoms with Gasteiger partial charge in [-0.1, -0.05) is 49.8 Å². The van der Waals surface area contributed by atoms with Crippen LogP contribution in [0.3, 0.4) is 0 Å². The molecule has 0 saturated carbocycles. The van der Waals surface area contributed by atoms with Crippen LogP contribution in [0.15, 0.2) is 30.3 Å². The summed E-state index contributed by atoms with van der Waals surface area (Å²) in [5.74, 6) is 0. The van der Waals surface area contributed by atoms with E-state index >= 15 is 0 Å². The standard InChI is InChI=1S/C14H22O3Si/c1-5-6-7-8-13-9-11-14(12-10-13)18(15-2,16-3)17-4/h7-12H,5-6H2,1-4H3. The lowest BCUT2D eigenvalue weighted by Crippen LogP contribution is -2.54. The number of unbranched alkanes of at least 4 members (excludes halogenated alkanes) is 1. The van der Waals surface area contributed by atoms with E-state index in [0.717, 1.165) is 11.6 Å². The van der Waals surface area contributed by atoms with Crippen molar-refractivity contribution in [2.45, 2.75) is 19.8 Å². The molecule has 0 atom stereocenters. The van der Waals surface area contributed by atoms with Crippen LogP contribution < -0.4 is 5.19 Å². The fraction of sp³-hybridized carbons (Fsp3) is 0.429. The Morgan fingerprint density at radius 3 is 2.00 bits per heavy atom. The second-order valence-electron chi connectivity index (χ2n) is 3.98. The molecule has 0 radical (unpaired) electrons. The molecule has 1 aromatic rings. The highest BCUT2D eigenvalue weighted by molar-refractivity contribution is 6.75. The first-order valence-electron chi connectivity index (χ1n) is 6.15. The van der Waals surface area contributed by atoms with Crippen molar-refractivity contribution < 1.29 is 13.3 Å². The van der Waals surface area contributed by atoms with Crippen LogP contribution in [0.2, 0.25) is 0 Å². The fourth-order valence-corrected chi connectivity index (χ4v) is 3.57. The van der Waals surface area contributed by atoms with Crippen molar-refractivity contribution in [2.24, 2.45) is 0 Å². The molecule has 0 heterocycles. The predicted molar refractivity (Wildman–Crippen MR) is 76.8 cm³/mol. The van der Waals surface area contributed by atoms with E-state index in [2.05, 4.69) is 31.2 Å². The molecule has 0 N–H and O–H groups in total. The van der Waals surface area contributed by atoms with Crippen molar-refractivity contribution in [3.8, 4) is 0 Å². The van der Waals surface area contributed by atoms with Gasteiger partial charge in [0.25, 0.3) is 0 Å². The largest absolute Gasteiger partial charge is 0.536 e. The van der Waals surface area contributed by atoms with E-state index in [4.69, 9.17) is 13.3 Å². The predicted octanol–water partition coefficient (Wildman–Crippen LogP) is 2.59. The Bertz CT molecular complexity index is 361. The fourth-order valence-electron chi connectivity index (χ4n) is 1.79. The van der Waals surface area contributed by atoms with Gasteiger partial charge >= 0.3 is 8.80 Å². The molecule has 0 unspecified atom stereocenters. The first-order valence-corrected chi connectivity index (χ1v) is 7.87. The summed E-state index contributed by atoms with van der Waals surface area (Å²) in [5, 5.41) is 0.975. The van der Waals surface area contributed by atoms with Crippen molar-refractivity contribution in [2.75, 3.05) is 21.3 Å². The molecule has 3 nitrogen and oxygen atoms in total. The molecule has 0 aromatic heterocycles. The van der Waals surface area contributed by atoms with Crippen LogP contribution >= 0.6 is 0 Å². The Morgan fingerprint density at radius 2 is 1.56 bits per heavy atom. The lowest BCUT2D eigenvalue weighted by atomic mass is 10.2. The van der Waals surface area contributed by atoms with Crippen LogP contribution in [-0.4, -0.2) is 30.1 Å². The highest BCUT2D eigenvalue weighted by Crippen LogP contribution is 2.09. The molecule has 0 fully saturated rings. The van der Waals surface area contributed by atoms with E-state index in [1.54, 1.807) is 21.3 Å². The molecule has 4 heteroatoms. The second-order valence-corrected chi connectivity index (χ2v) is 6.90. The highest BCUT2D eigenvalue weighted by Gasteiger charge is 2.40. The van der Waals surface area contributed by atoms with Gasteiger partial charge in [-0.3, -0.25) is 0 Å². The van der Waals surface area contributed by atoms with Crippen LogP contribution in [0.5, 0.6) is 0 Å². The number of benzene rings is 1. The van der Waals surface area contributed by atoms with Crippen molar-refractivity contribution in [1.29, 1.82) is 0 Å². The van der Waals surface area contributed by atoms with Gasteiger partial charge < -0.3 is 13.3 Å². The Morgan fingerprint density at radius 1 is 1.00 bits per heavy atom. The first kappa shape index (κ1) is 15.1. The number of hydrogen-bond acceptors (Lipinski definition) is 3. The van der Waals surface area contributed by atoms with Crippen molar-refractivity contribution in [1.82, 2.24) is 0 Å². The number of allylic oxidation sites excluding steroid dienone is 1. The molecular formula is C14H22O3Si. The van der Waals surface area contributed by atoms with Crippen LogP contribution in [-0.2, 0) is 13.3 Å². The quantitative estimate of drug-likeness (QED) is 0.710. The summed E-state index contributed by atoms with van der Waals surface area (Å²) in [6.07, 6.45) is 6.59. The summed E-state index contributed by atoms with van der Waals surface area (Å²) < 4.78 is 16.3. The summed E-state index contributed by atoms with van der Waals surface area (Å²) >= 11 is 0. The van der Waals surface area contributed by atoms with Crippen molar-refractivity contribution in [3.05, 3.63) is 35.9 Å². The average Bonchev–Trinajstić information content (AvgIpc) is 2.43. The lowest BCUT2D eigenvalue weighted by Gasteiger charge is -2.24. The maximum atomic E-state index is 5.44. The third-order valence-electron chi connectivity index (χ3n) is 2.84. The molecule has 0 amide bonds. The third-order valence-corrected chi connectivity index (χ3v) is 5.49. The minimum absolute atomic E-state index is 0.975. The van der Waals surface area contributed by atoms with Crippen LogP contribution in [0.1, 0.15) is 25.3 Å². The molecule has 0 aliphatic heterocycles. The summed E-state index contributed by atoms with van der Waals surface area (Å²) in [7, 11) is 2.18. The summed E-state index contributed by atoms with van der Waals surface area (Å²) in [5.41, 5.74) is 1.18. The molecule has 0 spiro atoms. The van der Waals surface area contributed by atoms with Gasteiger partial charge in [0.2, 0.25) is 0 Å². The molecule has 0 aliphatic rings. The number of hydrogen-bond donors (Lipinski definition) is 0. The molecule has 100 valence electrons. The summed E-state index contributed by atoms with van der Waals surface area (Å²) in [6.45, 7) is 2.17. The minimum Gasteiger partial charge on any atom is -0.373 e. The molecule has 0 bridgehead atoms. The topological polar surface area (TPSA) is 27.7 Å². The van der Waals surface area contributed by atoms with E-state index < -0.39 is 8.80 Å². The smallest absolute Gasteiger partial charge is 0.373 e. The molecule has 0 aliphatic carbocycles. The summed E-state index contributed by atoms with van der Waals surface area (Å²) in [6, 6.07) is 8.13. The molecule has 1 rings (SSSR count). The third kappa shape index (κ3) is 3.52. The van der Waals surface area contributed by atoms with Gasteiger partial charge in [-0.05, 0) is 12.0 Å². The van der Waals surface area contributed by atoms with E-state index in [-0.39, 0.29) is 0 Å². The normalized spacial score (nSPS) is 12.2. The van der Waals surface area contributed by atoms with Crippen LogP contribution in [0.4, 0.5) is 0 Å². The van der Waals surface area contributed by atoms with E-state index in [0.29, 0.717) is 0 Å². The SMILES string of the molecule is CCCC=Cc1ccc([Si](OC)(OC)OC)cc1. The molecule has 18 heavy (non-hydrogen) atoms. The maximum Gasteiger partial charge on any atom is 0.536 e. The monoisotopic (exact) mass is 266 g/mol. The second kappa shape index (κ2) is 7.48.